The highest BCUT2D eigenvalue weighted by atomic mass is 16.5. The molecule has 2 N–H and O–H groups in total. The molecule has 4 heteroatoms. The van der Waals surface area contributed by atoms with E-state index in [0.29, 0.717) is 19.1 Å². The van der Waals surface area contributed by atoms with Gasteiger partial charge >= 0.3 is 0 Å². The largest absolute Gasteiger partial charge is 0.383 e. The second-order valence-electron chi connectivity index (χ2n) is 4.14. The van der Waals surface area contributed by atoms with E-state index in [1.165, 1.54) is 0 Å². The third kappa shape index (κ3) is 8.39. The van der Waals surface area contributed by atoms with Crippen LogP contribution in [0.2, 0.25) is 0 Å². The molecule has 1 amide bonds. The third-order valence-electron chi connectivity index (χ3n) is 2.12. The molecule has 15 heavy (non-hydrogen) atoms. The Morgan fingerprint density at radius 3 is 2.53 bits per heavy atom. The summed E-state index contributed by atoms with van der Waals surface area (Å²) in [7, 11) is 1.67. The molecule has 0 radical (unpaired) electrons. The van der Waals surface area contributed by atoms with Crippen molar-refractivity contribution in [3.8, 4) is 0 Å². The number of methoxy groups -OCH3 is 1. The molecule has 0 rings (SSSR count). The van der Waals surface area contributed by atoms with Gasteiger partial charge in [0.05, 0.1) is 13.2 Å². The zero-order valence-corrected chi connectivity index (χ0v) is 10.3. The van der Waals surface area contributed by atoms with Crippen molar-refractivity contribution in [3.05, 3.63) is 0 Å². The molecular formula is C11H24N2O2. The Balaban J connectivity index is 3.59. The van der Waals surface area contributed by atoms with Crippen molar-refractivity contribution in [2.75, 3.05) is 26.8 Å². The molecule has 0 bridgehead atoms. The highest BCUT2D eigenvalue weighted by Crippen LogP contribution is 1.91. The van der Waals surface area contributed by atoms with E-state index >= 15 is 0 Å². The number of hydrogen-bond acceptors (Lipinski definition) is 3. The van der Waals surface area contributed by atoms with Crippen molar-refractivity contribution in [1.82, 2.24) is 10.6 Å². The molecule has 1 unspecified atom stereocenters. The molecular weight excluding hydrogens is 192 g/mol. The Kier molecular flexibility index (Phi) is 8.33. The quantitative estimate of drug-likeness (QED) is 0.630. The van der Waals surface area contributed by atoms with E-state index < -0.39 is 0 Å². The van der Waals surface area contributed by atoms with Crippen LogP contribution in [0.4, 0.5) is 0 Å². The summed E-state index contributed by atoms with van der Waals surface area (Å²) in [6, 6.07) is 0.264. The Morgan fingerprint density at radius 1 is 1.40 bits per heavy atom. The lowest BCUT2D eigenvalue weighted by atomic mass is 10.2. The van der Waals surface area contributed by atoms with E-state index in [4.69, 9.17) is 4.74 Å². The van der Waals surface area contributed by atoms with Gasteiger partial charge in [-0.05, 0) is 12.3 Å². The fraction of sp³-hybridized carbons (Fsp3) is 0.909. The Bertz CT molecular complexity index is 172. The maximum atomic E-state index is 11.4. The third-order valence-corrected chi connectivity index (χ3v) is 2.12. The zero-order valence-electron chi connectivity index (χ0n) is 10.3. The highest BCUT2D eigenvalue weighted by Gasteiger charge is 2.07. The van der Waals surface area contributed by atoms with Crippen LogP contribution in [-0.2, 0) is 9.53 Å². The van der Waals surface area contributed by atoms with Crippen LogP contribution in [0.15, 0.2) is 0 Å². The van der Waals surface area contributed by atoms with Crippen LogP contribution in [0.5, 0.6) is 0 Å². The predicted molar refractivity (Wildman–Crippen MR) is 61.8 cm³/mol. The van der Waals surface area contributed by atoms with E-state index in [1.807, 2.05) is 0 Å². The van der Waals surface area contributed by atoms with Crippen LogP contribution in [0.25, 0.3) is 0 Å². The Morgan fingerprint density at radius 2 is 2.07 bits per heavy atom. The lowest BCUT2D eigenvalue weighted by molar-refractivity contribution is -0.120. The molecule has 0 saturated carbocycles. The van der Waals surface area contributed by atoms with Gasteiger partial charge in [0, 0.05) is 19.7 Å². The first-order valence-electron chi connectivity index (χ1n) is 5.59. The topological polar surface area (TPSA) is 50.4 Å². The van der Waals surface area contributed by atoms with E-state index in [-0.39, 0.29) is 11.9 Å². The van der Waals surface area contributed by atoms with Crippen molar-refractivity contribution in [2.45, 2.75) is 33.2 Å². The summed E-state index contributed by atoms with van der Waals surface area (Å²) in [5.74, 6) is 0.549. The normalized spacial score (nSPS) is 12.9. The Hall–Kier alpha value is -0.610. The number of carbonyl (C=O) groups excluding carboxylic acids is 1. The first kappa shape index (κ1) is 14.4. The maximum absolute atomic E-state index is 11.4. The number of rotatable bonds is 8. The monoisotopic (exact) mass is 216 g/mol. The summed E-state index contributed by atoms with van der Waals surface area (Å²) >= 11 is 0. The van der Waals surface area contributed by atoms with Gasteiger partial charge < -0.3 is 15.4 Å². The highest BCUT2D eigenvalue weighted by molar-refractivity contribution is 5.77. The van der Waals surface area contributed by atoms with Gasteiger partial charge in [-0.15, -0.1) is 0 Å². The minimum atomic E-state index is 0.0539. The van der Waals surface area contributed by atoms with E-state index in [9.17, 15) is 4.79 Å². The van der Waals surface area contributed by atoms with Gasteiger partial charge in [-0.1, -0.05) is 20.8 Å². The van der Waals surface area contributed by atoms with Crippen LogP contribution in [-0.4, -0.2) is 38.8 Å². The molecule has 0 aromatic carbocycles. The average molecular weight is 216 g/mol. The van der Waals surface area contributed by atoms with Crippen LogP contribution in [0, 0.1) is 5.92 Å². The minimum Gasteiger partial charge on any atom is -0.383 e. The molecule has 4 nitrogen and oxygen atoms in total. The molecule has 0 aliphatic heterocycles. The number of nitrogens with one attached hydrogen (secondary N) is 2. The second kappa shape index (κ2) is 8.68. The average Bonchev–Trinajstić information content (AvgIpc) is 2.21. The molecule has 0 aliphatic carbocycles. The first-order chi connectivity index (χ1) is 7.10. The first-order valence-corrected chi connectivity index (χ1v) is 5.59. The molecule has 0 aliphatic rings. The number of amides is 1. The van der Waals surface area contributed by atoms with Gasteiger partial charge in [-0.3, -0.25) is 4.79 Å². The Labute approximate surface area is 92.8 Å². The van der Waals surface area contributed by atoms with Gasteiger partial charge in [0.25, 0.3) is 0 Å². The minimum absolute atomic E-state index is 0.0539. The number of ether oxygens (including phenoxy) is 1. The zero-order chi connectivity index (χ0) is 11.7. The molecule has 1 atom stereocenters. The van der Waals surface area contributed by atoms with Crippen molar-refractivity contribution in [2.24, 2.45) is 5.92 Å². The summed E-state index contributed by atoms with van der Waals surface area (Å²) in [4.78, 5) is 11.4. The van der Waals surface area contributed by atoms with Crippen molar-refractivity contribution >= 4 is 5.91 Å². The molecule has 0 saturated heterocycles. The summed E-state index contributed by atoms with van der Waals surface area (Å²) in [5, 5.41) is 6.02. The van der Waals surface area contributed by atoms with Crippen LogP contribution < -0.4 is 10.6 Å². The second-order valence-corrected chi connectivity index (χ2v) is 4.14. The fourth-order valence-electron chi connectivity index (χ4n) is 1.14. The molecule has 0 heterocycles. The molecule has 0 spiro atoms. The lowest BCUT2D eigenvalue weighted by Crippen LogP contribution is -2.41. The maximum Gasteiger partial charge on any atom is 0.233 e. The summed E-state index contributed by atoms with van der Waals surface area (Å²) in [6.45, 7) is 7.98. The van der Waals surface area contributed by atoms with E-state index in [2.05, 4.69) is 31.4 Å². The molecule has 0 aromatic heterocycles. The summed E-state index contributed by atoms with van der Waals surface area (Å²) in [5.41, 5.74) is 0. The van der Waals surface area contributed by atoms with Gasteiger partial charge in [-0.25, -0.2) is 0 Å². The smallest absolute Gasteiger partial charge is 0.233 e. The van der Waals surface area contributed by atoms with Gasteiger partial charge in [0.2, 0.25) is 5.91 Å². The lowest BCUT2D eigenvalue weighted by Gasteiger charge is -2.15. The van der Waals surface area contributed by atoms with Crippen LogP contribution >= 0.6 is 0 Å². The summed E-state index contributed by atoms with van der Waals surface area (Å²) in [6.07, 6.45) is 0.964. The van der Waals surface area contributed by atoms with Gasteiger partial charge in [-0.2, -0.15) is 0 Å². The van der Waals surface area contributed by atoms with Crippen LogP contribution in [0.3, 0.4) is 0 Å². The van der Waals surface area contributed by atoms with Crippen molar-refractivity contribution in [3.63, 3.8) is 0 Å². The fourth-order valence-corrected chi connectivity index (χ4v) is 1.14. The van der Waals surface area contributed by atoms with Gasteiger partial charge in [0.15, 0.2) is 0 Å². The number of carbonyl (C=O) groups is 1. The standard InChI is InChI=1S/C11H24N2O2/c1-5-10(8-15-4)12-7-11(14)13-6-9(2)3/h9-10,12H,5-8H2,1-4H3,(H,13,14). The van der Waals surface area contributed by atoms with Crippen molar-refractivity contribution in [1.29, 1.82) is 0 Å². The summed E-state index contributed by atoms with van der Waals surface area (Å²) < 4.78 is 5.03. The predicted octanol–water partition coefficient (Wildman–Crippen LogP) is 0.773. The van der Waals surface area contributed by atoms with Gasteiger partial charge in [0.1, 0.15) is 0 Å². The van der Waals surface area contributed by atoms with E-state index in [0.717, 1.165) is 13.0 Å². The van der Waals surface area contributed by atoms with E-state index in [1.54, 1.807) is 7.11 Å². The number of hydrogen-bond donors (Lipinski definition) is 2. The molecule has 0 fully saturated rings. The molecule has 0 aromatic rings. The SMILES string of the molecule is CCC(COC)NCC(=O)NCC(C)C. The molecule has 90 valence electrons. The van der Waals surface area contributed by atoms with Crippen LogP contribution in [0.1, 0.15) is 27.2 Å². The van der Waals surface area contributed by atoms with Crippen molar-refractivity contribution < 1.29 is 9.53 Å².